The number of hydroxylamine groups is 1. The fourth-order valence-electron chi connectivity index (χ4n) is 6.03. The van der Waals surface area contributed by atoms with Gasteiger partial charge in [0.2, 0.25) is 27.0 Å². The number of benzene rings is 2. The van der Waals surface area contributed by atoms with Gasteiger partial charge in [-0.15, -0.1) is 0 Å². The van der Waals surface area contributed by atoms with Crippen LogP contribution < -0.4 is 32.1 Å². The second kappa shape index (κ2) is 34.1. The minimum atomic E-state index is -4.51. The van der Waals surface area contributed by atoms with Crippen molar-refractivity contribution >= 4 is 102 Å². The SMILES string of the molecule is C.C.COC(=O)c1ccc(CN(c2ccccn2)c2nc(C)ns2)cc1.Cc1nsc(N(Cc2ccc(C(=O)NO)cc2)c2ccccn2)n1.FC(F)(F)c1nsc(Nc2ccccn2)n1.Nc1ccccn1.Nc1nc(C(F)(F)F)ns1.[W]. The quantitative estimate of drug-likeness (QED) is 0.0328. The van der Waals surface area contributed by atoms with Crippen LogP contribution in [0.3, 0.4) is 0 Å². The number of alkyl halides is 6. The van der Waals surface area contributed by atoms with Gasteiger partial charge in [0.05, 0.1) is 25.8 Å². The van der Waals surface area contributed by atoms with Crippen molar-refractivity contribution in [3.63, 3.8) is 0 Å². The number of methoxy groups -OCH3 is 1. The third-order valence-electron chi connectivity index (χ3n) is 9.68. The summed E-state index contributed by atoms with van der Waals surface area (Å²) in [5, 5.41) is 12.7. The van der Waals surface area contributed by atoms with Gasteiger partial charge in [-0.1, -0.05) is 63.4 Å². The van der Waals surface area contributed by atoms with E-state index in [1.165, 1.54) is 36.4 Å². The van der Waals surface area contributed by atoms with Gasteiger partial charge in [-0.3, -0.25) is 19.8 Å². The maximum absolute atomic E-state index is 12.2. The van der Waals surface area contributed by atoms with Crippen molar-refractivity contribution in [2.75, 3.05) is 33.7 Å². The average molecular weight is 1410 g/mol. The molecule has 2 aromatic carbocycles. The molecule has 0 aliphatic heterocycles. The number of nitrogen functional groups attached to an aromatic ring is 2. The molecule has 442 valence electrons. The number of hydrogen-bond donors (Lipinski definition) is 5. The van der Waals surface area contributed by atoms with E-state index in [1.54, 1.807) is 72.6 Å². The van der Waals surface area contributed by atoms with Crippen LogP contribution >= 0.6 is 46.1 Å². The number of nitrogens with zero attached hydrogens (tertiary/aromatic N) is 14. The molecule has 10 aromatic rings. The average Bonchev–Trinajstić information content (AvgIpc) is 4.51. The monoisotopic (exact) mass is 1410 g/mol. The van der Waals surface area contributed by atoms with Crippen molar-refractivity contribution < 1.29 is 66.9 Å². The first-order chi connectivity index (χ1) is 38.8. The first kappa shape index (κ1) is 69.7. The number of pyridine rings is 4. The Hall–Kier alpha value is -8.55. The summed E-state index contributed by atoms with van der Waals surface area (Å²) in [7, 11) is 1.37. The summed E-state index contributed by atoms with van der Waals surface area (Å²) in [5.41, 5.74) is 14.7. The number of aromatic nitrogens is 12. The predicted molar refractivity (Wildman–Crippen MR) is 307 cm³/mol. The second-order valence-corrected chi connectivity index (χ2v) is 18.6. The molecule has 0 aliphatic rings. The van der Waals surface area contributed by atoms with Crippen LogP contribution in [-0.2, 0) is 51.2 Å². The number of hydrogen-bond acceptors (Lipinski definition) is 25. The van der Waals surface area contributed by atoms with Crippen LogP contribution in [0, 0.1) is 13.8 Å². The number of rotatable bonds is 12. The molecule has 0 aliphatic carbocycles. The van der Waals surface area contributed by atoms with E-state index in [4.69, 9.17) is 21.4 Å². The van der Waals surface area contributed by atoms with Crippen LogP contribution in [0.15, 0.2) is 146 Å². The molecule has 1 amide bonds. The van der Waals surface area contributed by atoms with Crippen LogP contribution in [-0.4, -0.2) is 81.6 Å². The van der Waals surface area contributed by atoms with Crippen LogP contribution in [0.25, 0.3) is 0 Å². The van der Waals surface area contributed by atoms with Gasteiger partial charge in [0, 0.05) is 97.5 Å². The van der Waals surface area contributed by atoms with Crippen LogP contribution in [0.2, 0.25) is 0 Å². The van der Waals surface area contributed by atoms with Gasteiger partial charge in [0.25, 0.3) is 5.91 Å². The van der Waals surface area contributed by atoms with Crippen molar-refractivity contribution in [2.24, 2.45) is 0 Å². The van der Waals surface area contributed by atoms with Gasteiger partial charge < -0.3 is 21.5 Å². The molecule has 8 heterocycles. The molecule has 0 radical (unpaired) electrons. The van der Waals surface area contributed by atoms with E-state index >= 15 is 0 Å². The topological polar surface area (TPSA) is 301 Å². The molecule has 7 N–H and O–H groups in total. The number of halogens is 6. The molecule has 22 nitrogen and oxygen atoms in total. The van der Waals surface area contributed by atoms with Gasteiger partial charge in [-0.2, -0.15) is 53.8 Å². The Balaban J connectivity index is 0.000000289. The van der Waals surface area contributed by atoms with Crippen molar-refractivity contribution in [3.05, 3.63) is 192 Å². The minimum Gasteiger partial charge on any atom is -0.465 e. The molecule has 0 saturated heterocycles. The van der Waals surface area contributed by atoms with Crippen molar-refractivity contribution in [2.45, 2.75) is 54.1 Å². The van der Waals surface area contributed by atoms with E-state index in [1.807, 2.05) is 96.4 Å². The number of esters is 1. The molecule has 0 saturated carbocycles. The van der Waals surface area contributed by atoms with Gasteiger partial charge in [0.15, 0.2) is 5.13 Å². The van der Waals surface area contributed by atoms with Crippen LogP contribution in [0.1, 0.15) is 70.0 Å². The third-order valence-corrected chi connectivity index (χ3v) is 12.5. The summed E-state index contributed by atoms with van der Waals surface area (Å²) in [5.74, 6) is 0.811. The summed E-state index contributed by atoms with van der Waals surface area (Å²) >= 11 is 3.81. The minimum absolute atomic E-state index is 0. The summed E-state index contributed by atoms with van der Waals surface area (Å²) in [6.07, 6.45) is -2.33. The Morgan fingerprint density at radius 1 is 0.571 bits per heavy atom. The van der Waals surface area contributed by atoms with E-state index in [-0.39, 0.29) is 52.2 Å². The fraction of sp³-hybridized carbons (Fsp3) is 0.176. The molecule has 0 unspecified atom stereocenters. The molecule has 0 atom stereocenters. The second-order valence-electron chi connectivity index (χ2n) is 15.6. The zero-order valence-corrected chi connectivity index (χ0v) is 48.9. The van der Waals surface area contributed by atoms with E-state index < -0.39 is 29.9 Å². The zero-order chi connectivity index (χ0) is 58.4. The number of carbonyl (C=O) groups excluding carboxylic acids is 2. The smallest absolute Gasteiger partial charge is 0.452 e. The standard InChI is InChI=1S/C17H16N4O2S.C16H15N5O2S.C8H5F3N4S.C5H6N2.C3H2F3N3S.2CH4.W/c1-12-19-17(24-20-12)21(15-5-3-4-10-18-15)11-13-6-8-14(9-7-13)16(22)23-2;1-11-18-16(24-20-11)21(14-4-2-3-9-17-14)10-12-5-7-13(8-6-12)15(22)19-23;9-8(10,11)6-14-7(16-15-6)13-5-3-1-2-4-12-5;6-5-3-1-2-4-7-5;4-3(5,6)1-8-2(7)10-9-1;;;/h3-10H,11H2,1-2H3;2-9,23H,10H2,1H3,(H,19,22);1-4H,(H,12,13,14,15);1-4H,(H2,6,7);(H2,7,8,9);2*1H4;. The molecule has 84 heavy (non-hydrogen) atoms. The Labute approximate surface area is 508 Å². The summed E-state index contributed by atoms with van der Waals surface area (Å²) in [4.78, 5) is 58.5. The molecule has 8 aromatic heterocycles. The van der Waals surface area contributed by atoms with Gasteiger partial charge >= 0.3 is 18.3 Å². The number of amides is 1. The molecule has 33 heteroatoms. The number of carbonyl (C=O) groups is 2. The Morgan fingerprint density at radius 2 is 1.02 bits per heavy atom. The Kier molecular flexibility index (Phi) is 28.3. The number of nitrogens with one attached hydrogen (secondary N) is 2. The molecule has 10 rings (SSSR count). The van der Waals surface area contributed by atoms with Gasteiger partial charge in [-0.25, -0.2) is 40.2 Å². The van der Waals surface area contributed by atoms with E-state index in [2.05, 4.69) is 62.7 Å². The maximum atomic E-state index is 12.2. The molecule has 0 bridgehead atoms. The normalized spacial score (nSPS) is 10.3. The van der Waals surface area contributed by atoms with Crippen molar-refractivity contribution in [3.8, 4) is 0 Å². The largest absolute Gasteiger partial charge is 0.465 e. The van der Waals surface area contributed by atoms with E-state index in [9.17, 15) is 35.9 Å². The van der Waals surface area contributed by atoms with Gasteiger partial charge in [0.1, 0.15) is 34.9 Å². The number of ether oxygens (including phenoxy) is 1. The summed E-state index contributed by atoms with van der Waals surface area (Å²) in [6.45, 7) is 4.82. The van der Waals surface area contributed by atoms with E-state index in [0.29, 0.717) is 64.7 Å². The molecule has 0 spiro atoms. The van der Waals surface area contributed by atoms with Crippen LogP contribution in [0.4, 0.5) is 70.1 Å². The summed E-state index contributed by atoms with van der Waals surface area (Å²) in [6, 6.07) is 36.1. The van der Waals surface area contributed by atoms with Crippen molar-refractivity contribution in [1.29, 1.82) is 0 Å². The Morgan fingerprint density at radius 3 is 1.36 bits per heavy atom. The first-order valence-corrected chi connectivity index (χ1v) is 26.0. The Bertz CT molecular complexity index is 3340. The molecular formula is C51H52F6N18O4S4W. The maximum Gasteiger partial charge on any atom is 0.452 e. The number of aryl methyl sites for hydroxylation is 2. The fourth-order valence-corrected chi connectivity index (χ4v) is 8.44. The van der Waals surface area contributed by atoms with Gasteiger partial charge in [-0.05, 0) is 97.8 Å². The third kappa shape index (κ3) is 22.3. The first-order valence-electron chi connectivity index (χ1n) is 22.9. The predicted octanol–water partition coefficient (Wildman–Crippen LogP) is 11.8. The van der Waals surface area contributed by atoms with Crippen LogP contribution in [0.5, 0.6) is 0 Å². The molecular weight excluding hydrogens is 1350 g/mol. The van der Waals surface area contributed by atoms with E-state index in [0.717, 1.165) is 38.9 Å². The molecule has 0 fully saturated rings. The number of nitrogens with two attached hydrogens (primary N) is 2. The summed E-state index contributed by atoms with van der Waals surface area (Å²) < 4.78 is 90.8. The zero-order valence-electron chi connectivity index (χ0n) is 42.7. The number of anilines is 8. The van der Waals surface area contributed by atoms with Crippen molar-refractivity contribution in [1.82, 2.24) is 62.8 Å².